The van der Waals surface area contributed by atoms with E-state index in [4.69, 9.17) is 0 Å². The van der Waals surface area contributed by atoms with E-state index in [-0.39, 0.29) is 22.5 Å². The van der Waals surface area contributed by atoms with Gasteiger partial charge in [-0.05, 0) is 29.8 Å². The Morgan fingerprint density at radius 3 is 2.42 bits per heavy atom. The average molecular weight is 451 g/mol. The number of carbonyl (C=O) groups excluding carboxylic acids is 1. The van der Waals surface area contributed by atoms with Crippen molar-refractivity contribution in [1.29, 1.82) is 0 Å². The smallest absolute Gasteiger partial charge is 0.284 e. The Balaban J connectivity index is 1.98. The van der Waals surface area contributed by atoms with Crippen molar-refractivity contribution in [2.24, 2.45) is 4.40 Å². The molecule has 0 aromatic heterocycles. The van der Waals surface area contributed by atoms with Gasteiger partial charge in [-0.3, -0.25) is 9.69 Å². The van der Waals surface area contributed by atoms with Gasteiger partial charge in [-0.2, -0.15) is 8.42 Å². The van der Waals surface area contributed by atoms with E-state index >= 15 is 0 Å². The van der Waals surface area contributed by atoms with Gasteiger partial charge in [-0.1, -0.05) is 64.1 Å². The SMILES string of the molecule is C=CCN1C(=O)[C@@H](c2ccccc2)SC1=NS(=O)(=O)c1ccc(Br)cc1. The maximum absolute atomic E-state index is 12.7. The van der Waals surface area contributed by atoms with Gasteiger partial charge in [0.05, 0.1) is 4.90 Å². The van der Waals surface area contributed by atoms with Crippen molar-refractivity contribution in [3.05, 3.63) is 77.3 Å². The number of thioether (sulfide) groups is 1. The molecule has 5 nitrogen and oxygen atoms in total. The molecule has 0 spiro atoms. The van der Waals surface area contributed by atoms with Crippen LogP contribution in [0.15, 0.2) is 81.0 Å². The number of amides is 1. The van der Waals surface area contributed by atoms with E-state index in [0.29, 0.717) is 0 Å². The highest BCUT2D eigenvalue weighted by atomic mass is 79.9. The number of sulfonamides is 1. The average Bonchev–Trinajstić information content (AvgIpc) is 2.92. The third-order valence-corrected chi connectivity index (χ3v) is 6.83. The number of hydrogen-bond donors (Lipinski definition) is 0. The molecule has 0 bridgehead atoms. The first-order valence-corrected chi connectivity index (χ1v) is 10.8. The van der Waals surface area contributed by atoms with Crippen LogP contribution in [0, 0.1) is 0 Å². The summed E-state index contributed by atoms with van der Waals surface area (Å²) in [4.78, 5) is 14.2. The number of hydrogen-bond acceptors (Lipinski definition) is 4. The summed E-state index contributed by atoms with van der Waals surface area (Å²) in [5, 5.41) is -0.360. The molecule has 0 aliphatic carbocycles. The molecular formula is C18H15BrN2O3S2. The maximum Gasteiger partial charge on any atom is 0.284 e. The molecule has 0 radical (unpaired) electrons. The molecule has 1 saturated heterocycles. The molecule has 0 N–H and O–H groups in total. The molecule has 1 aliphatic heterocycles. The van der Waals surface area contributed by atoms with Crippen molar-refractivity contribution >= 4 is 48.8 Å². The summed E-state index contributed by atoms with van der Waals surface area (Å²) < 4.78 is 29.9. The van der Waals surface area contributed by atoms with E-state index in [2.05, 4.69) is 26.9 Å². The summed E-state index contributed by atoms with van der Waals surface area (Å²) in [7, 11) is -3.92. The van der Waals surface area contributed by atoms with Gasteiger partial charge >= 0.3 is 0 Å². The standard InChI is InChI=1S/C18H15BrN2O3S2/c1-2-12-21-17(22)16(13-6-4-3-5-7-13)25-18(21)20-26(23,24)15-10-8-14(19)9-11-15/h2-11,16H,1,12H2/t16-/m1/s1. The summed E-state index contributed by atoms with van der Waals surface area (Å²) in [5.74, 6) is -0.203. The maximum atomic E-state index is 12.7. The normalized spacial score (nSPS) is 19.1. The Hall–Kier alpha value is -1.90. The van der Waals surface area contributed by atoms with E-state index in [1.165, 1.54) is 17.0 Å². The minimum absolute atomic E-state index is 0.0722. The summed E-state index contributed by atoms with van der Waals surface area (Å²) in [6, 6.07) is 15.4. The van der Waals surface area contributed by atoms with Crippen molar-refractivity contribution in [3.8, 4) is 0 Å². The van der Waals surface area contributed by atoms with E-state index in [9.17, 15) is 13.2 Å². The molecule has 3 rings (SSSR count). The molecule has 8 heteroatoms. The van der Waals surface area contributed by atoms with Gasteiger partial charge in [0.1, 0.15) is 5.25 Å². The lowest BCUT2D eigenvalue weighted by Crippen LogP contribution is -2.30. The highest BCUT2D eigenvalue weighted by Crippen LogP contribution is 2.40. The van der Waals surface area contributed by atoms with Gasteiger partial charge in [0.2, 0.25) is 5.91 Å². The predicted molar refractivity (Wildman–Crippen MR) is 107 cm³/mol. The Morgan fingerprint density at radius 1 is 1.15 bits per heavy atom. The van der Waals surface area contributed by atoms with E-state index in [1.807, 2.05) is 30.3 Å². The molecular weight excluding hydrogens is 436 g/mol. The number of benzene rings is 2. The molecule has 134 valence electrons. The second kappa shape index (κ2) is 7.77. The van der Waals surface area contributed by atoms with Crippen LogP contribution in [0.3, 0.4) is 0 Å². The highest BCUT2D eigenvalue weighted by molar-refractivity contribution is 9.10. The number of amidine groups is 1. The van der Waals surface area contributed by atoms with E-state index in [1.54, 1.807) is 18.2 Å². The second-order valence-electron chi connectivity index (χ2n) is 5.45. The van der Waals surface area contributed by atoms with Crippen molar-refractivity contribution in [2.75, 3.05) is 6.54 Å². The van der Waals surface area contributed by atoms with Gasteiger partial charge in [-0.15, -0.1) is 11.0 Å². The molecule has 26 heavy (non-hydrogen) atoms. The molecule has 1 aliphatic rings. The number of nitrogens with zero attached hydrogens (tertiary/aromatic N) is 2. The van der Waals surface area contributed by atoms with Crippen LogP contribution in [0.1, 0.15) is 10.8 Å². The van der Waals surface area contributed by atoms with Crippen LogP contribution in [-0.2, 0) is 14.8 Å². The lowest BCUT2D eigenvalue weighted by Gasteiger charge is -2.13. The molecule has 1 heterocycles. The summed E-state index contributed by atoms with van der Waals surface area (Å²) in [6.07, 6.45) is 1.55. The monoisotopic (exact) mass is 450 g/mol. The number of halogens is 1. The molecule has 1 atom stereocenters. The first kappa shape index (κ1) is 18.9. The van der Waals surface area contributed by atoms with E-state index < -0.39 is 15.3 Å². The highest BCUT2D eigenvalue weighted by Gasteiger charge is 2.39. The van der Waals surface area contributed by atoms with Crippen LogP contribution >= 0.6 is 27.7 Å². The summed E-state index contributed by atoms with van der Waals surface area (Å²) in [6.45, 7) is 3.84. The zero-order valence-corrected chi connectivity index (χ0v) is 16.8. The van der Waals surface area contributed by atoms with Crippen molar-refractivity contribution in [3.63, 3.8) is 0 Å². The first-order valence-electron chi connectivity index (χ1n) is 7.67. The van der Waals surface area contributed by atoms with Crippen LogP contribution in [0.5, 0.6) is 0 Å². The van der Waals surface area contributed by atoms with Crippen LogP contribution in [0.25, 0.3) is 0 Å². The fourth-order valence-electron chi connectivity index (χ4n) is 2.42. The van der Waals surface area contributed by atoms with Crippen molar-refractivity contribution in [2.45, 2.75) is 10.1 Å². The minimum Gasteiger partial charge on any atom is -0.285 e. The summed E-state index contributed by atoms with van der Waals surface area (Å²) in [5.41, 5.74) is 0.808. The van der Waals surface area contributed by atoms with Crippen LogP contribution in [-0.4, -0.2) is 30.9 Å². The van der Waals surface area contributed by atoms with Crippen molar-refractivity contribution < 1.29 is 13.2 Å². The molecule has 0 unspecified atom stereocenters. The largest absolute Gasteiger partial charge is 0.285 e. The van der Waals surface area contributed by atoms with Crippen LogP contribution in [0.2, 0.25) is 0 Å². The van der Waals surface area contributed by atoms with Crippen LogP contribution in [0.4, 0.5) is 0 Å². The van der Waals surface area contributed by atoms with Gasteiger partial charge in [0, 0.05) is 11.0 Å². The quantitative estimate of drug-likeness (QED) is 0.645. The van der Waals surface area contributed by atoms with E-state index in [0.717, 1.165) is 21.8 Å². The molecule has 2 aromatic carbocycles. The number of carbonyl (C=O) groups is 1. The Labute approximate surface area is 165 Å². The van der Waals surface area contributed by atoms with Gasteiger partial charge in [-0.25, -0.2) is 0 Å². The second-order valence-corrected chi connectivity index (χ2v) is 9.04. The lowest BCUT2D eigenvalue weighted by atomic mass is 10.1. The third kappa shape index (κ3) is 3.92. The topological polar surface area (TPSA) is 66.8 Å². The predicted octanol–water partition coefficient (Wildman–Crippen LogP) is 4.00. The molecule has 1 amide bonds. The van der Waals surface area contributed by atoms with Crippen LogP contribution < -0.4 is 0 Å². The first-order chi connectivity index (χ1) is 12.4. The molecule has 2 aromatic rings. The third-order valence-electron chi connectivity index (χ3n) is 3.67. The lowest BCUT2D eigenvalue weighted by molar-refractivity contribution is -0.125. The number of rotatable bonds is 5. The van der Waals surface area contributed by atoms with Crippen molar-refractivity contribution in [1.82, 2.24) is 4.90 Å². The van der Waals surface area contributed by atoms with Gasteiger partial charge in [0.15, 0.2) is 5.17 Å². The minimum atomic E-state index is -3.92. The zero-order chi connectivity index (χ0) is 18.7. The Morgan fingerprint density at radius 2 is 1.81 bits per heavy atom. The Bertz CT molecular complexity index is 958. The molecule has 0 saturated carbocycles. The zero-order valence-electron chi connectivity index (χ0n) is 13.6. The summed E-state index contributed by atoms with van der Waals surface area (Å²) >= 11 is 4.41. The Kier molecular flexibility index (Phi) is 5.64. The van der Waals surface area contributed by atoms with Gasteiger partial charge in [0.25, 0.3) is 10.0 Å². The van der Waals surface area contributed by atoms with Gasteiger partial charge < -0.3 is 0 Å². The fourth-order valence-corrected chi connectivity index (χ4v) is 5.07. The fraction of sp³-hybridized carbons (Fsp3) is 0.111. The molecule has 1 fully saturated rings.